The smallest absolute Gasteiger partial charge is 0.337 e. The molecule has 4 N–H and O–H groups in total. The van der Waals surface area contributed by atoms with E-state index in [1.54, 1.807) is 0 Å². The fourth-order valence-electron chi connectivity index (χ4n) is 1.62. The first-order valence-corrected chi connectivity index (χ1v) is 6.22. The summed E-state index contributed by atoms with van der Waals surface area (Å²) < 4.78 is 27.1. The first-order valence-electron chi connectivity index (χ1n) is 5.43. The lowest BCUT2D eigenvalue weighted by Crippen LogP contribution is -2.05. The van der Waals surface area contributed by atoms with Gasteiger partial charge in [0.25, 0.3) is 0 Å². The summed E-state index contributed by atoms with van der Waals surface area (Å²) in [7, 11) is 0. The van der Waals surface area contributed by atoms with Gasteiger partial charge >= 0.3 is 5.97 Å². The van der Waals surface area contributed by atoms with Crippen LogP contribution in [0.25, 0.3) is 0 Å². The van der Waals surface area contributed by atoms with Gasteiger partial charge in [0.1, 0.15) is 11.6 Å². The summed E-state index contributed by atoms with van der Waals surface area (Å²) in [4.78, 5) is 11.1. The molecule has 2 aromatic carbocycles. The van der Waals surface area contributed by atoms with Gasteiger partial charge in [0, 0.05) is 11.8 Å². The van der Waals surface area contributed by atoms with E-state index >= 15 is 0 Å². The van der Waals surface area contributed by atoms with Crippen molar-refractivity contribution in [2.24, 2.45) is 0 Å². The van der Waals surface area contributed by atoms with E-state index in [1.807, 2.05) is 0 Å². The Kier molecular flexibility index (Phi) is 3.89. The average Bonchev–Trinajstić information content (AvgIpc) is 2.35. The van der Waals surface area contributed by atoms with Crippen LogP contribution in [-0.2, 0) is 0 Å². The first-order chi connectivity index (χ1) is 9.38. The van der Waals surface area contributed by atoms with Gasteiger partial charge in [0.05, 0.1) is 21.4 Å². The maximum Gasteiger partial charge on any atom is 0.337 e. The zero-order valence-electron chi connectivity index (χ0n) is 9.95. The molecule has 0 unspecified atom stereocenters. The normalized spacial score (nSPS) is 10.3. The summed E-state index contributed by atoms with van der Waals surface area (Å²) in [6.07, 6.45) is 0. The number of carboxylic acids is 1. The third-order valence-electron chi connectivity index (χ3n) is 2.55. The molecule has 0 aliphatic carbocycles. The van der Waals surface area contributed by atoms with E-state index in [2.05, 4.69) is 21.2 Å². The molecular formula is C13H9BrF2N2O2. The minimum atomic E-state index is -1.20. The Labute approximate surface area is 121 Å². The zero-order valence-corrected chi connectivity index (χ0v) is 11.5. The van der Waals surface area contributed by atoms with Gasteiger partial charge in [-0.05, 0) is 40.2 Å². The fraction of sp³-hybridized carbons (Fsp3) is 0. The number of rotatable bonds is 3. The number of hydrogen-bond donors (Lipinski definition) is 3. The highest BCUT2D eigenvalue weighted by Gasteiger charge is 2.14. The van der Waals surface area contributed by atoms with Crippen LogP contribution in [0.1, 0.15) is 10.4 Å². The molecule has 0 amide bonds. The van der Waals surface area contributed by atoms with E-state index in [4.69, 9.17) is 10.8 Å². The molecule has 0 aliphatic heterocycles. The molecule has 0 atom stereocenters. The van der Waals surface area contributed by atoms with Crippen LogP contribution >= 0.6 is 15.9 Å². The van der Waals surface area contributed by atoms with E-state index < -0.39 is 17.6 Å². The average molecular weight is 343 g/mol. The minimum Gasteiger partial charge on any atom is -0.478 e. The zero-order chi connectivity index (χ0) is 14.9. The van der Waals surface area contributed by atoms with Gasteiger partial charge in [0.15, 0.2) is 0 Å². The number of nitrogens with two attached hydrogens (primary N) is 1. The molecule has 0 aliphatic rings. The number of hydrogen-bond acceptors (Lipinski definition) is 3. The second kappa shape index (κ2) is 5.46. The second-order valence-corrected chi connectivity index (χ2v) is 4.84. The van der Waals surface area contributed by atoms with Crippen LogP contribution < -0.4 is 11.1 Å². The SMILES string of the molecule is Nc1ccc(C(=O)O)c(Nc2cc(F)c(Br)cc2F)c1. The van der Waals surface area contributed by atoms with Gasteiger partial charge in [-0.1, -0.05) is 0 Å². The molecule has 2 rings (SSSR count). The van der Waals surface area contributed by atoms with E-state index in [9.17, 15) is 13.6 Å². The molecule has 2 aromatic rings. The predicted molar refractivity (Wildman–Crippen MR) is 75.2 cm³/mol. The molecule has 20 heavy (non-hydrogen) atoms. The molecule has 0 heterocycles. The van der Waals surface area contributed by atoms with Crippen LogP contribution in [0, 0.1) is 11.6 Å². The second-order valence-electron chi connectivity index (χ2n) is 3.98. The maximum atomic E-state index is 13.7. The third kappa shape index (κ3) is 2.88. The number of nitrogen functional groups attached to an aromatic ring is 1. The Hall–Kier alpha value is -2.15. The summed E-state index contributed by atoms with van der Waals surface area (Å²) in [5.41, 5.74) is 5.67. The number of carboxylic acid groups (broad SMARTS) is 1. The van der Waals surface area contributed by atoms with Gasteiger partial charge in [-0.15, -0.1) is 0 Å². The van der Waals surface area contributed by atoms with E-state index in [0.29, 0.717) is 5.69 Å². The molecule has 0 aromatic heterocycles. The van der Waals surface area contributed by atoms with Crippen molar-refractivity contribution < 1.29 is 18.7 Å². The lowest BCUT2D eigenvalue weighted by Gasteiger charge is -2.12. The predicted octanol–water partition coefficient (Wildman–Crippen LogP) is 3.75. The number of halogens is 3. The van der Waals surface area contributed by atoms with Crippen molar-refractivity contribution in [3.8, 4) is 0 Å². The standard InChI is InChI=1S/C13H9BrF2N2O2/c14-8-4-10(16)12(5-9(8)15)18-11-3-6(17)1-2-7(11)13(19)20/h1-5,18H,17H2,(H,19,20). The van der Waals surface area contributed by atoms with Gasteiger partial charge in [-0.2, -0.15) is 0 Å². The summed E-state index contributed by atoms with van der Waals surface area (Å²) >= 11 is 2.86. The van der Waals surface area contributed by atoms with Crippen molar-refractivity contribution in [3.63, 3.8) is 0 Å². The van der Waals surface area contributed by atoms with Crippen LogP contribution in [0.15, 0.2) is 34.8 Å². The summed E-state index contributed by atoms with van der Waals surface area (Å²) in [5, 5.41) is 11.6. The van der Waals surface area contributed by atoms with E-state index in [1.165, 1.54) is 18.2 Å². The summed E-state index contributed by atoms with van der Waals surface area (Å²) in [6, 6.07) is 5.90. The van der Waals surface area contributed by atoms with E-state index in [0.717, 1.165) is 12.1 Å². The Balaban J connectivity index is 2.47. The minimum absolute atomic E-state index is 0.0217. The monoisotopic (exact) mass is 342 g/mol. The Morgan fingerprint density at radius 2 is 1.85 bits per heavy atom. The highest BCUT2D eigenvalue weighted by molar-refractivity contribution is 9.10. The highest BCUT2D eigenvalue weighted by Crippen LogP contribution is 2.28. The highest BCUT2D eigenvalue weighted by atomic mass is 79.9. The lowest BCUT2D eigenvalue weighted by atomic mass is 10.1. The number of aromatic carboxylic acids is 1. The molecule has 0 saturated heterocycles. The Morgan fingerprint density at radius 1 is 1.15 bits per heavy atom. The van der Waals surface area contributed by atoms with Crippen molar-refractivity contribution in [2.75, 3.05) is 11.1 Å². The van der Waals surface area contributed by atoms with Crippen molar-refractivity contribution >= 4 is 39.0 Å². The molecule has 0 spiro atoms. The molecule has 7 heteroatoms. The van der Waals surface area contributed by atoms with E-state index in [-0.39, 0.29) is 21.4 Å². The van der Waals surface area contributed by atoms with Crippen LogP contribution in [0.5, 0.6) is 0 Å². The van der Waals surface area contributed by atoms with Gasteiger partial charge < -0.3 is 16.2 Å². The molecule has 104 valence electrons. The van der Waals surface area contributed by atoms with Crippen LogP contribution in [-0.4, -0.2) is 11.1 Å². The number of nitrogens with one attached hydrogen (secondary N) is 1. The Morgan fingerprint density at radius 3 is 2.50 bits per heavy atom. The number of anilines is 3. The largest absolute Gasteiger partial charge is 0.478 e. The van der Waals surface area contributed by atoms with Crippen LogP contribution in [0.2, 0.25) is 0 Å². The maximum absolute atomic E-state index is 13.7. The molecule has 0 saturated carbocycles. The van der Waals surface area contributed by atoms with Crippen molar-refractivity contribution in [1.82, 2.24) is 0 Å². The summed E-state index contributed by atoms with van der Waals surface area (Å²) in [6.45, 7) is 0. The molecule has 0 bridgehead atoms. The quantitative estimate of drug-likeness (QED) is 0.586. The van der Waals surface area contributed by atoms with Crippen LogP contribution in [0.3, 0.4) is 0 Å². The Bertz CT molecular complexity index is 692. The van der Waals surface area contributed by atoms with Gasteiger partial charge in [-0.25, -0.2) is 13.6 Å². The lowest BCUT2D eigenvalue weighted by molar-refractivity contribution is 0.0698. The fourth-order valence-corrected chi connectivity index (χ4v) is 1.93. The van der Waals surface area contributed by atoms with Gasteiger partial charge in [0.2, 0.25) is 0 Å². The number of carbonyl (C=O) groups is 1. The third-order valence-corrected chi connectivity index (χ3v) is 3.16. The van der Waals surface area contributed by atoms with Gasteiger partial charge in [-0.3, -0.25) is 0 Å². The summed E-state index contributed by atoms with van der Waals surface area (Å²) in [5.74, 6) is -2.60. The molecular weight excluding hydrogens is 334 g/mol. The number of benzene rings is 2. The first kappa shape index (κ1) is 14.3. The molecule has 4 nitrogen and oxygen atoms in total. The molecule has 0 fully saturated rings. The topological polar surface area (TPSA) is 75.4 Å². The molecule has 0 radical (unpaired) electrons. The van der Waals surface area contributed by atoms with Crippen molar-refractivity contribution in [2.45, 2.75) is 0 Å². The van der Waals surface area contributed by atoms with Crippen molar-refractivity contribution in [1.29, 1.82) is 0 Å². The van der Waals surface area contributed by atoms with Crippen molar-refractivity contribution in [3.05, 3.63) is 52.0 Å². The van der Waals surface area contributed by atoms with Crippen LogP contribution in [0.4, 0.5) is 25.8 Å².